The van der Waals surface area contributed by atoms with Gasteiger partial charge in [-0.25, -0.2) is 0 Å². The van der Waals surface area contributed by atoms with E-state index in [0.29, 0.717) is 30.4 Å². The summed E-state index contributed by atoms with van der Waals surface area (Å²) in [5.41, 5.74) is 1.71. The summed E-state index contributed by atoms with van der Waals surface area (Å²) in [5.74, 6) is 2.43. The van der Waals surface area contributed by atoms with Crippen LogP contribution in [0.15, 0.2) is 53.1 Å². The number of para-hydroxylation sites is 1. The molecule has 1 unspecified atom stereocenters. The minimum atomic E-state index is -0.197. The molecule has 0 saturated carbocycles. The molecule has 0 radical (unpaired) electrons. The zero-order valence-corrected chi connectivity index (χ0v) is 16.5. The van der Waals surface area contributed by atoms with E-state index < -0.39 is 0 Å². The molecule has 1 atom stereocenters. The third kappa shape index (κ3) is 3.94. The number of benzene rings is 2. The number of rotatable bonds is 6. The van der Waals surface area contributed by atoms with Crippen molar-refractivity contribution in [2.75, 3.05) is 20.8 Å². The standard InChI is InChI=1S/C22H23N3O4/c1-27-16-11-9-15(10-12-16)14-20(26)25-13-5-7-18(25)22-23-21(24-29-22)17-6-3-4-8-19(17)28-2/h3-4,6,8-12,18H,5,7,13-14H2,1-2H3. The normalized spacial score (nSPS) is 16.1. The van der Waals surface area contributed by atoms with Gasteiger partial charge >= 0.3 is 0 Å². The van der Waals surface area contributed by atoms with Gasteiger partial charge in [0.05, 0.1) is 26.2 Å². The van der Waals surface area contributed by atoms with Crippen LogP contribution in [0.1, 0.15) is 30.3 Å². The predicted octanol–water partition coefficient (Wildman–Crippen LogP) is 3.66. The van der Waals surface area contributed by atoms with Crippen molar-refractivity contribution in [3.05, 3.63) is 60.0 Å². The maximum Gasteiger partial charge on any atom is 0.249 e. The van der Waals surface area contributed by atoms with Gasteiger partial charge in [-0.1, -0.05) is 29.4 Å². The number of aromatic nitrogens is 2. The number of methoxy groups -OCH3 is 2. The van der Waals surface area contributed by atoms with Gasteiger partial charge in [-0.2, -0.15) is 4.98 Å². The Morgan fingerprint density at radius 3 is 2.69 bits per heavy atom. The van der Waals surface area contributed by atoms with Gasteiger partial charge in [-0.3, -0.25) is 4.79 Å². The zero-order chi connectivity index (χ0) is 20.2. The van der Waals surface area contributed by atoms with Crippen LogP contribution in [-0.4, -0.2) is 41.7 Å². The van der Waals surface area contributed by atoms with E-state index in [9.17, 15) is 4.79 Å². The molecule has 2 aromatic carbocycles. The molecule has 4 rings (SSSR count). The fourth-order valence-corrected chi connectivity index (χ4v) is 3.65. The SMILES string of the molecule is COc1ccc(CC(=O)N2CCCC2c2nc(-c3ccccc3OC)no2)cc1. The largest absolute Gasteiger partial charge is 0.497 e. The number of nitrogens with zero attached hydrogens (tertiary/aromatic N) is 3. The molecular weight excluding hydrogens is 370 g/mol. The molecule has 1 amide bonds. The van der Waals surface area contributed by atoms with Crippen LogP contribution in [0, 0.1) is 0 Å². The van der Waals surface area contributed by atoms with Crippen molar-refractivity contribution in [1.82, 2.24) is 15.0 Å². The molecule has 0 N–H and O–H groups in total. The van der Waals surface area contributed by atoms with Gasteiger partial charge in [-0.15, -0.1) is 0 Å². The van der Waals surface area contributed by atoms with Crippen LogP contribution in [-0.2, 0) is 11.2 Å². The lowest BCUT2D eigenvalue weighted by atomic mass is 10.1. The fourth-order valence-electron chi connectivity index (χ4n) is 3.65. The number of likely N-dealkylation sites (tertiary alicyclic amines) is 1. The quantitative estimate of drug-likeness (QED) is 0.636. The van der Waals surface area contributed by atoms with E-state index in [1.807, 2.05) is 53.4 Å². The van der Waals surface area contributed by atoms with Crippen LogP contribution in [0.5, 0.6) is 11.5 Å². The van der Waals surface area contributed by atoms with Crippen LogP contribution in [0.25, 0.3) is 11.4 Å². The Hall–Kier alpha value is -3.35. The van der Waals surface area contributed by atoms with E-state index in [-0.39, 0.29) is 11.9 Å². The van der Waals surface area contributed by atoms with Crippen molar-refractivity contribution in [3.8, 4) is 22.9 Å². The Labute approximate surface area is 169 Å². The minimum absolute atomic E-state index is 0.0507. The highest BCUT2D eigenvalue weighted by Gasteiger charge is 2.34. The van der Waals surface area contributed by atoms with Crippen LogP contribution < -0.4 is 9.47 Å². The first kappa shape index (κ1) is 19.0. The van der Waals surface area contributed by atoms with Crippen molar-refractivity contribution in [1.29, 1.82) is 0 Å². The minimum Gasteiger partial charge on any atom is -0.497 e. The molecule has 1 aliphatic heterocycles. The van der Waals surface area contributed by atoms with E-state index in [1.165, 1.54) is 0 Å². The van der Waals surface area contributed by atoms with E-state index >= 15 is 0 Å². The molecule has 0 aliphatic carbocycles. The lowest BCUT2D eigenvalue weighted by Gasteiger charge is -2.22. The number of hydrogen-bond donors (Lipinski definition) is 0. The Balaban J connectivity index is 1.51. The molecule has 150 valence electrons. The summed E-state index contributed by atoms with van der Waals surface area (Å²) in [7, 11) is 3.23. The van der Waals surface area contributed by atoms with Gasteiger partial charge in [0, 0.05) is 6.54 Å². The van der Waals surface area contributed by atoms with Crippen molar-refractivity contribution in [2.45, 2.75) is 25.3 Å². The van der Waals surface area contributed by atoms with Gasteiger partial charge in [-0.05, 0) is 42.7 Å². The van der Waals surface area contributed by atoms with Crippen LogP contribution >= 0.6 is 0 Å². The summed E-state index contributed by atoms with van der Waals surface area (Å²) < 4.78 is 16.1. The topological polar surface area (TPSA) is 77.7 Å². The molecule has 1 aromatic heterocycles. The van der Waals surface area contributed by atoms with Gasteiger partial charge in [0.25, 0.3) is 0 Å². The summed E-state index contributed by atoms with van der Waals surface area (Å²) in [6.07, 6.45) is 2.04. The summed E-state index contributed by atoms with van der Waals surface area (Å²) in [5, 5.41) is 4.12. The summed E-state index contributed by atoms with van der Waals surface area (Å²) in [6, 6.07) is 14.9. The summed E-state index contributed by atoms with van der Waals surface area (Å²) in [4.78, 5) is 19.3. The highest BCUT2D eigenvalue weighted by Crippen LogP contribution is 2.34. The monoisotopic (exact) mass is 393 g/mol. The van der Waals surface area contributed by atoms with Gasteiger partial charge in [0.2, 0.25) is 17.6 Å². The highest BCUT2D eigenvalue weighted by atomic mass is 16.5. The van der Waals surface area contributed by atoms with Crippen molar-refractivity contribution < 1.29 is 18.8 Å². The summed E-state index contributed by atoms with van der Waals surface area (Å²) in [6.45, 7) is 0.687. The number of hydrogen-bond acceptors (Lipinski definition) is 6. The molecule has 2 heterocycles. The summed E-state index contributed by atoms with van der Waals surface area (Å²) >= 11 is 0. The lowest BCUT2D eigenvalue weighted by molar-refractivity contribution is -0.131. The maximum atomic E-state index is 12.9. The molecule has 7 heteroatoms. The molecular formula is C22H23N3O4. The van der Waals surface area contributed by atoms with Gasteiger partial charge in [0.1, 0.15) is 17.5 Å². The van der Waals surface area contributed by atoms with Crippen LogP contribution in [0.4, 0.5) is 0 Å². The fraction of sp³-hybridized carbons (Fsp3) is 0.318. The average molecular weight is 393 g/mol. The smallest absolute Gasteiger partial charge is 0.249 e. The Morgan fingerprint density at radius 2 is 1.93 bits per heavy atom. The zero-order valence-electron chi connectivity index (χ0n) is 16.5. The van der Waals surface area contributed by atoms with E-state index in [1.54, 1.807) is 14.2 Å². The molecule has 0 bridgehead atoms. The number of amides is 1. The van der Waals surface area contributed by atoms with Crippen LogP contribution in [0.2, 0.25) is 0 Å². The Kier molecular flexibility index (Phi) is 5.46. The van der Waals surface area contributed by atoms with Crippen molar-refractivity contribution in [2.24, 2.45) is 0 Å². The number of carbonyl (C=O) groups excluding carboxylic acids is 1. The third-order valence-corrected chi connectivity index (χ3v) is 5.16. The highest BCUT2D eigenvalue weighted by molar-refractivity contribution is 5.79. The second-order valence-corrected chi connectivity index (χ2v) is 6.93. The third-order valence-electron chi connectivity index (χ3n) is 5.16. The van der Waals surface area contributed by atoms with Gasteiger partial charge < -0.3 is 18.9 Å². The maximum absolute atomic E-state index is 12.9. The van der Waals surface area contributed by atoms with E-state index in [4.69, 9.17) is 14.0 Å². The molecule has 3 aromatic rings. The first-order valence-corrected chi connectivity index (χ1v) is 9.59. The predicted molar refractivity (Wildman–Crippen MR) is 107 cm³/mol. The molecule has 1 fully saturated rings. The molecule has 1 aliphatic rings. The average Bonchev–Trinajstić information content (AvgIpc) is 3.43. The number of carbonyl (C=O) groups is 1. The van der Waals surface area contributed by atoms with Gasteiger partial charge in [0.15, 0.2) is 0 Å². The second-order valence-electron chi connectivity index (χ2n) is 6.93. The van der Waals surface area contributed by atoms with Crippen LogP contribution in [0.3, 0.4) is 0 Å². The molecule has 29 heavy (non-hydrogen) atoms. The van der Waals surface area contributed by atoms with E-state index in [2.05, 4.69) is 10.1 Å². The molecule has 1 saturated heterocycles. The van der Waals surface area contributed by atoms with Crippen molar-refractivity contribution >= 4 is 5.91 Å². The number of ether oxygens (including phenoxy) is 2. The first-order valence-electron chi connectivity index (χ1n) is 9.59. The molecule has 7 nitrogen and oxygen atoms in total. The van der Waals surface area contributed by atoms with Crippen molar-refractivity contribution in [3.63, 3.8) is 0 Å². The molecule has 0 spiro atoms. The van der Waals surface area contributed by atoms with E-state index in [0.717, 1.165) is 29.7 Å². The second kappa shape index (κ2) is 8.34. The first-order chi connectivity index (χ1) is 14.2. The Morgan fingerprint density at radius 1 is 1.14 bits per heavy atom. The lowest BCUT2D eigenvalue weighted by Crippen LogP contribution is -2.32. The Bertz CT molecular complexity index is 984.